The summed E-state index contributed by atoms with van der Waals surface area (Å²) in [5.41, 5.74) is 0. The van der Waals surface area contributed by atoms with E-state index in [9.17, 15) is 0 Å². The highest BCUT2D eigenvalue weighted by Crippen LogP contribution is 2.11. The molecule has 0 amide bonds. The lowest BCUT2D eigenvalue weighted by atomic mass is 10.4. The standard InChI is InChI=1S/C7H14N4S/c1-8-4-3-5-11(2)7-9-6-10-12-7/h6,8H,3-5H2,1-2H3. The van der Waals surface area contributed by atoms with Crippen molar-refractivity contribution in [2.24, 2.45) is 0 Å². The molecule has 0 saturated heterocycles. The van der Waals surface area contributed by atoms with Crippen LogP contribution in [0.4, 0.5) is 5.13 Å². The van der Waals surface area contributed by atoms with Crippen molar-refractivity contribution in [3.63, 3.8) is 0 Å². The number of hydrogen-bond acceptors (Lipinski definition) is 5. The zero-order valence-corrected chi connectivity index (χ0v) is 8.27. The van der Waals surface area contributed by atoms with Crippen molar-refractivity contribution >= 4 is 16.7 Å². The summed E-state index contributed by atoms with van der Waals surface area (Å²) in [6.07, 6.45) is 2.72. The van der Waals surface area contributed by atoms with Crippen LogP contribution in [0, 0.1) is 0 Å². The molecule has 0 atom stereocenters. The summed E-state index contributed by atoms with van der Waals surface area (Å²) in [6.45, 7) is 2.07. The molecule has 0 aromatic carbocycles. The maximum absolute atomic E-state index is 4.11. The number of aromatic nitrogens is 2. The average molecular weight is 186 g/mol. The van der Waals surface area contributed by atoms with E-state index in [4.69, 9.17) is 0 Å². The predicted molar refractivity (Wildman–Crippen MR) is 51.7 cm³/mol. The van der Waals surface area contributed by atoms with Gasteiger partial charge in [0.25, 0.3) is 0 Å². The van der Waals surface area contributed by atoms with Crippen LogP contribution in [0.15, 0.2) is 6.33 Å². The molecule has 1 rings (SSSR count). The van der Waals surface area contributed by atoms with Crippen molar-refractivity contribution in [3.8, 4) is 0 Å². The fourth-order valence-electron chi connectivity index (χ4n) is 0.924. The summed E-state index contributed by atoms with van der Waals surface area (Å²) < 4.78 is 3.94. The van der Waals surface area contributed by atoms with Crippen LogP contribution in [0.5, 0.6) is 0 Å². The van der Waals surface area contributed by atoms with Gasteiger partial charge in [-0.25, -0.2) is 4.98 Å². The Kier molecular flexibility index (Phi) is 3.96. The Morgan fingerprint density at radius 3 is 3.08 bits per heavy atom. The van der Waals surface area contributed by atoms with Gasteiger partial charge in [0.05, 0.1) is 0 Å². The van der Waals surface area contributed by atoms with E-state index in [0.717, 1.165) is 24.6 Å². The summed E-state index contributed by atoms with van der Waals surface area (Å²) in [5, 5.41) is 4.10. The fraction of sp³-hybridized carbons (Fsp3) is 0.714. The summed E-state index contributed by atoms with van der Waals surface area (Å²) in [7, 11) is 4.00. The lowest BCUT2D eigenvalue weighted by Crippen LogP contribution is -2.21. The molecule has 0 fully saturated rings. The third kappa shape index (κ3) is 2.75. The Hall–Kier alpha value is -0.680. The molecule has 4 nitrogen and oxygen atoms in total. The lowest BCUT2D eigenvalue weighted by Gasteiger charge is -2.13. The third-order valence-corrected chi connectivity index (χ3v) is 2.38. The van der Waals surface area contributed by atoms with Crippen LogP contribution in [-0.4, -0.2) is 36.5 Å². The van der Waals surface area contributed by atoms with Gasteiger partial charge in [-0.15, -0.1) is 0 Å². The monoisotopic (exact) mass is 186 g/mol. The van der Waals surface area contributed by atoms with Gasteiger partial charge >= 0.3 is 0 Å². The molecule has 5 heteroatoms. The first-order chi connectivity index (χ1) is 5.84. The van der Waals surface area contributed by atoms with Crippen LogP contribution in [0.25, 0.3) is 0 Å². The van der Waals surface area contributed by atoms with Crippen molar-refractivity contribution in [2.45, 2.75) is 6.42 Å². The second-order valence-corrected chi connectivity index (χ2v) is 3.36. The topological polar surface area (TPSA) is 41.0 Å². The van der Waals surface area contributed by atoms with Crippen molar-refractivity contribution in [1.29, 1.82) is 0 Å². The number of nitrogens with one attached hydrogen (secondary N) is 1. The second kappa shape index (κ2) is 5.05. The molecular formula is C7H14N4S. The highest BCUT2D eigenvalue weighted by atomic mass is 32.1. The van der Waals surface area contributed by atoms with Crippen molar-refractivity contribution < 1.29 is 0 Å². The number of anilines is 1. The SMILES string of the molecule is CNCCCN(C)c1ncns1. The highest BCUT2D eigenvalue weighted by Gasteiger charge is 2.01. The van der Waals surface area contributed by atoms with Gasteiger partial charge in [-0.1, -0.05) is 0 Å². The molecule has 0 aliphatic heterocycles. The molecule has 0 spiro atoms. The Balaban J connectivity index is 2.25. The zero-order chi connectivity index (χ0) is 8.81. The van der Waals surface area contributed by atoms with Crippen molar-refractivity contribution in [1.82, 2.24) is 14.7 Å². The third-order valence-electron chi connectivity index (χ3n) is 1.60. The van der Waals surface area contributed by atoms with Gasteiger partial charge in [0, 0.05) is 25.1 Å². The molecular weight excluding hydrogens is 172 g/mol. The molecule has 0 aliphatic carbocycles. The Morgan fingerprint density at radius 1 is 1.67 bits per heavy atom. The second-order valence-electron chi connectivity index (χ2n) is 2.60. The lowest BCUT2D eigenvalue weighted by molar-refractivity contribution is 0.712. The fourth-order valence-corrected chi connectivity index (χ4v) is 1.44. The highest BCUT2D eigenvalue weighted by molar-refractivity contribution is 7.09. The van der Waals surface area contributed by atoms with Crippen LogP contribution in [0.2, 0.25) is 0 Å². The summed E-state index contributed by atoms with van der Waals surface area (Å²) in [4.78, 5) is 6.23. The van der Waals surface area contributed by atoms with Gasteiger partial charge in [-0.3, -0.25) is 0 Å². The molecule has 0 unspecified atom stereocenters. The molecule has 1 aromatic heterocycles. The molecule has 68 valence electrons. The predicted octanol–water partition coefficient (Wildman–Crippen LogP) is 0.584. The largest absolute Gasteiger partial charge is 0.350 e. The van der Waals surface area contributed by atoms with Gasteiger partial charge in [0.1, 0.15) is 6.33 Å². The van der Waals surface area contributed by atoms with Crippen molar-refractivity contribution in [2.75, 3.05) is 32.1 Å². The van der Waals surface area contributed by atoms with Crippen molar-refractivity contribution in [3.05, 3.63) is 6.33 Å². The number of nitrogens with zero attached hydrogens (tertiary/aromatic N) is 3. The minimum atomic E-state index is 0.992. The Labute approximate surface area is 76.8 Å². The maximum Gasteiger partial charge on any atom is 0.204 e. The summed E-state index contributed by atoms with van der Waals surface area (Å²) in [5.74, 6) is 0. The van der Waals surface area contributed by atoms with Crippen LogP contribution < -0.4 is 10.2 Å². The van der Waals surface area contributed by atoms with E-state index >= 15 is 0 Å². The van der Waals surface area contributed by atoms with E-state index < -0.39 is 0 Å². The number of hydrogen-bond donors (Lipinski definition) is 1. The van der Waals surface area contributed by atoms with E-state index in [1.54, 1.807) is 6.33 Å². The quantitative estimate of drug-likeness (QED) is 0.683. The first-order valence-corrected chi connectivity index (χ1v) is 4.74. The van der Waals surface area contributed by atoms with Crippen LogP contribution in [0.3, 0.4) is 0 Å². The van der Waals surface area contributed by atoms with Crippen LogP contribution in [-0.2, 0) is 0 Å². The van der Waals surface area contributed by atoms with Gasteiger partial charge in [-0.2, -0.15) is 4.37 Å². The number of rotatable bonds is 5. The van der Waals surface area contributed by atoms with Gasteiger partial charge in [0.15, 0.2) is 0 Å². The molecule has 0 saturated carbocycles. The van der Waals surface area contributed by atoms with E-state index in [2.05, 4.69) is 19.6 Å². The van der Waals surface area contributed by atoms with E-state index in [1.165, 1.54) is 11.5 Å². The van der Waals surface area contributed by atoms with E-state index in [1.807, 2.05) is 14.1 Å². The minimum absolute atomic E-state index is 0.992. The first kappa shape index (κ1) is 9.41. The molecule has 1 N–H and O–H groups in total. The van der Waals surface area contributed by atoms with Crippen LogP contribution >= 0.6 is 11.5 Å². The molecule has 1 aromatic rings. The van der Waals surface area contributed by atoms with Gasteiger partial charge in [0.2, 0.25) is 5.13 Å². The molecule has 0 bridgehead atoms. The molecule has 0 aliphatic rings. The maximum atomic E-state index is 4.11. The van der Waals surface area contributed by atoms with Gasteiger partial charge < -0.3 is 10.2 Å². The normalized spacial score (nSPS) is 10.2. The molecule has 1 heterocycles. The smallest absolute Gasteiger partial charge is 0.204 e. The summed E-state index contributed by atoms with van der Waals surface area (Å²) in [6, 6.07) is 0. The van der Waals surface area contributed by atoms with E-state index in [-0.39, 0.29) is 0 Å². The summed E-state index contributed by atoms with van der Waals surface area (Å²) >= 11 is 1.43. The average Bonchev–Trinajstić information content (AvgIpc) is 2.56. The van der Waals surface area contributed by atoms with Gasteiger partial charge in [-0.05, 0) is 20.0 Å². The first-order valence-electron chi connectivity index (χ1n) is 3.97. The Bertz CT molecular complexity index is 199. The molecule has 12 heavy (non-hydrogen) atoms. The Morgan fingerprint density at radius 2 is 2.50 bits per heavy atom. The minimum Gasteiger partial charge on any atom is -0.350 e. The van der Waals surface area contributed by atoms with E-state index in [0.29, 0.717) is 0 Å². The molecule has 0 radical (unpaired) electrons. The van der Waals surface area contributed by atoms with Crippen LogP contribution in [0.1, 0.15) is 6.42 Å². The zero-order valence-electron chi connectivity index (χ0n) is 7.45.